The fourth-order valence-electron chi connectivity index (χ4n) is 2.00. The SMILES string of the molecule is CCN(C1=CC(N)N(C)C(C)=N1)c1ccccc1.I. The Morgan fingerprint density at radius 3 is 2.47 bits per heavy atom. The summed E-state index contributed by atoms with van der Waals surface area (Å²) in [4.78, 5) is 8.73. The molecule has 0 saturated carbocycles. The van der Waals surface area contributed by atoms with Crippen molar-refractivity contribution in [2.45, 2.75) is 20.0 Å². The Bertz CT molecular complexity index is 470. The minimum Gasteiger partial charge on any atom is -0.344 e. The molecule has 0 aromatic heterocycles. The molecule has 104 valence electrons. The van der Waals surface area contributed by atoms with E-state index in [0.717, 1.165) is 23.9 Å². The maximum absolute atomic E-state index is 6.07. The fourth-order valence-corrected chi connectivity index (χ4v) is 2.00. The molecule has 0 bridgehead atoms. The van der Waals surface area contributed by atoms with E-state index in [9.17, 15) is 0 Å². The Hall–Kier alpha value is -1.08. The van der Waals surface area contributed by atoms with Gasteiger partial charge in [0.1, 0.15) is 17.8 Å². The van der Waals surface area contributed by atoms with Crippen LogP contribution in [-0.2, 0) is 0 Å². The number of nitrogens with zero attached hydrogens (tertiary/aromatic N) is 3. The third kappa shape index (κ3) is 3.48. The first-order chi connectivity index (χ1) is 8.63. The van der Waals surface area contributed by atoms with Crippen LogP contribution in [0.3, 0.4) is 0 Å². The van der Waals surface area contributed by atoms with Crippen LogP contribution in [0.1, 0.15) is 13.8 Å². The van der Waals surface area contributed by atoms with E-state index in [2.05, 4.69) is 28.9 Å². The summed E-state index contributed by atoms with van der Waals surface area (Å²) in [5.41, 5.74) is 7.21. The molecule has 1 aliphatic rings. The van der Waals surface area contributed by atoms with Gasteiger partial charge in [-0.1, -0.05) is 18.2 Å². The second-order valence-corrected chi connectivity index (χ2v) is 4.37. The molecule has 19 heavy (non-hydrogen) atoms. The smallest absolute Gasteiger partial charge is 0.134 e. The number of halogens is 1. The van der Waals surface area contributed by atoms with E-state index in [1.165, 1.54) is 0 Å². The average Bonchev–Trinajstić information content (AvgIpc) is 2.38. The molecule has 0 spiro atoms. The predicted molar refractivity (Wildman–Crippen MR) is 91.8 cm³/mol. The molecule has 1 atom stereocenters. The Morgan fingerprint density at radius 1 is 1.32 bits per heavy atom. The number of amidine groups is 1. The molecule has 0 radical (unpaired) electrons. The molecule has 2 N–H and O–H groups in total. The third-order valence-corrected chi connectivity index (χ3v) is 3.21. The summed E-state index contributed by atoms with van der Waals surface area (Å²) in [5.74, 6) is 1.86. The van der Waals surface area contributed by atoms with Crippen LogP contribution in [0.2, 0.25) is 0 Å². The Balaban J connectivity index is 0.00000180. The highest BCUT2D eigenvalue weighted by Crippen LogP contribution is 2.22. The maximum atomic E-state index is 6.07. The number of para-hydroxylation sites is 1. The molecule has 0 fully saturated rings. The van der Waals surface area contributed by atoms with E-state index < -0.39 is 0 Å². The highest BCUT2D eigenvalue weighted by molar-refractivity contribution is 14.0. The zero-order valence-corrected chi connectivity index (χ0v) is 13.9. The van der Waals surface area contributed by atoms with Gasteiger partial charge in [-0.05, 0) is 32.1 Å². The topological polar surface area (TPSA) is 44.9 Å². The van der Waals surface area contributed by atoms with Crippen LogP contribution in [-0.4, -0.2) is 30.5 Å². The second kappa shape index (κ2) is 6.91. The van der Waals surface area contributed by atoms with Gasteiger partial charge in [0.2, 0.25) is 0 Å². The van der Waals surface area contributed by atoms with Gasteiger partial charge in [-0.2, -0.15) is 0 Å². The summed E-state index contributed by atoms with van der Waals surface area (Å²) in [6.07, 6.45) is 1.87. The minimum atomic E-state index is -0.115. The number of hydrogen-bond donors (Lipinski definition) is 1. The van der Waals surface area contributed by atoms with Crippen LogP contribution in [0.15, 0.2) is 47.2 Å². The van der Waals surface area contributed by atoms with Crippen LogP contribution in [0, 0.1) is 0 Å². The first-order valence-corrected chi connectivity index (χ1v) is 6.21. The zero-order chi connectivity index (χ0) is 13.1. The van der Waals surface area contributed by atoms with Crippen molar-refractivity contribution in [2.75, 3.05) is 18.5 Å². The molecular formula is C14H21IN4. The molecule has 1 heterocycles. The summed E-state index contributed by atoms with van der Waals surface area (Å²) in [5, 5.41) is 0. The molecule has 2 rings (SSSR count). The van der Waals surface area contributed by atoms with Crippen molar-refractivity contribution in [3.8, 4) is 0 Å². The van der Waals surface area contributed by atoms with Crippen LogP contribution in [0.4, 0.5) is 5.69 Å². The Labute approximate surface area is 132 Å². The van der Waals surface area contributed by atoms with E-state index in [4.69, 9.17) is 5.73 Å². The van der Waals surface area contributed by atoms with Crippen molar-refractivity contribution in [1.29, 1.82) is 0 Å². The molecular weight excluding hydrogens is 351 g/mol. The largest absolute Gasteiger partial charge is 0.344 e. The molecule has 1 aromatic rings. The van der Waals surface area contributed by atoms with Crippen molar-refractivity contribution >= 4 is 35.5 Å². The molecule has 0 aliphatic carbocycles. The van der Waals surface area contributed by atoms with Gasteiger partial charge in [-0.15, -0.1) is 24.0 Å². The first kappa shape index (κ1) is 16.0. The monoisotopic (exact) mass is 372 g/mol. The lowest BCUT2D eigenvalue weighted by Gasteiger charge is -2.32. The van der Waals surface area contributed by atoms with E-state index in [1.54, 1.807) is 0 Å². The second-order valence-electron chi connectivity index (χ2n) is 4.37. The standard InChI is InChI=1S/C14H20N4.HI/c1-4-18(12-8-6-5-7-9-12)14-10-13(15)17(3)11(2)16-14;/h5-10,13H,4,15H2,1-3H3;1H. The normalized spacial score (nSPS) is 18.3. The van der Waals surface area contributed by atoms with Crippen LogP contribution in [0.5, 0.6) is 0 Å². The predicted octanol–water partition coefficient (Wildman–Crippen LogP) is 2.62. The van der Waals surface area contributed by atoms with Gasteiger partial charge in [0.05, 0.1) is 0 Å². The molecule has 4 nitrogen and oxygen atoms in total. The fraction of sp³-hybridized carbons (Fsp3) is 0.357. The molecule has 0 saturated heterocycles. The number of anilines is 1. The van der Waals surface area contributed by atoms with E-state index in [-0.39, 0.29) is 30.1 Å². The van der Waals surface area contributed by atoms with Gasteiger partial charge < -0.3 is 15.5 Å². The zero-order valence-electron chi connectivity index (χ0n) is 11.6. The van der Waals surface area contributed by atoms with E-state index in [0.29, 0.717) is 0 Å². The number of nitrogens with two attached hydrogens (primary N) is 1. The van der Waals surface area contributed by atoms with Crippen molar-refractivity contribution in [3.05, 3.63) is 42.2 Å². The molecule has 1 aromatic carbocycles. The van der Waals surface area contributed by atoms with E-state index in [1.807, 2.05) is 43.1 Å². The van der Waals surface area contributed by atoms with Gasteiger partial charge in [-0.25, -0.2) is 4.99 Å². The van der Waals surface area contributed by atoms with Crippen molar-refractivity contribution < 1.29 is 0 Å². The number of likely N-dealkylation sites (N-methyl/N-ethyl adjacent to an activating group) is 1. The summed E-state index contributed by atoms with van der Waals surface area (Å²) in [7, 11) is 1.95. The van der Waals surface area contributed by atoms with Gasteiger partial charge in [-0.3, -0.25) is 0 Å². The van der Waals surface area contributed by atoms with E-state index >= 15 is 0 Å². The summed E-state index contributed by atoms with van der Waals surface area (Å²) >= 11 is 0. The van der Waals surface area contributed by atoms with Crippen molar-refractivity contribution in [3.63, 3.8) is 0 Å². The number of benzene rings is 1. The molecule has 0 amide bonds. The Kier molecular flexibility index (Phi) is 5.81. The lowest BCUT2D eigenvalue weighted by molar-refractivity contribution is 0.422. The maximum Gasteiger partial charge on any atom is 0.134 e. The number of rotatable bonds is 3. The van der Waals surface area contributed by atoms with Crippen molar-refractivity contribution in [2.24, 2.45) is 10.7 Å². The Morgan fingerprint density at radius 2 is 1.95 bits per heavy atom. The first-order valence-electron chi connectivity index (χ1n) is 6.21. The average molecular weight is 372 g/mol. The van der Waals surface area contributed by atoms with Gasteiger partial charge in [0, 0.05) is 19.3 Å². The lowest BCUT2D eigenvalue weighted by atomic mass is 10.2. The summed E-state index contributed by atoms with van der Waals surface area (Å²) in [6, 6.07) is 10.2. The molecule has 1 unspecified atom stereocenters. The highest BCUT2D eigenvalue weighted by atomic mass is 127. The van der Waals surface area contributed by atoms with Crippen LogP contribution >= 0.6 is 24.0 Å². The lowest BCUT2D eigenvalue weighted by Crippen LogP contribution is -2.44. The van der Waals surface area contributed by atoms with Gasteiger partial charge in [0.15, 0.2) is 0 Å². The quantitative estimate of drug-likeness (QED) is 0.830. The molecule has 1 aliphatic heterocycles. The van der Waals surface area contributed by atoms with Gasteiger partial charge >= 0.3 is 0 Å². The van der Waals surface area contributed by atoms with Crippen molar-refractivity contribution in [1.82, 2.24) is 4.90 Å². The number of aliphatic imine (C=N–C) groups is 1. The summed E-state index contributed by atoms with van der Waals surface area (Å²) in [6.45, 7) is 4.96. The van der Waals surface area contributed by atoms with Crippen LogP contribution in [0.25, 0.3) is 0 Å². The van der Waals surface area contributed by atoms with Crippen LogP contribution < -0.4 is 10.6 Å². The highest BCUT2D eigenvalue weighted by Gasteiger charge is 2.19. The third-order valence-electron chi connectivity index (χ3n) is 3.21. The minimum absolute atomic E-state index is 0. The van der Waals surface area contributed by atoms with Gasteiger partial charge in [0.25, 0.3) is 0 Å². The number of hydrogen-bond acceptors (Lipinski definition) is 4. The molecule has 5 heteroatoms. The summed E-state index contributed by atoms with van der Waals surface area (Å²) < 4.78 is 0.